The molecule has 43 heavy (non-hydrogen) atoms. The smallest absolute Gasteiger partial charge is 0.267 e. The Morgan fingerprint density at radius 1 is 1.23 bits per heavy atom. The lowest BCUT2D eigenvalue weighted by atomic mass is 10.1. The summed E-state index contributed by atoms with van der Waals surface area (Å²) in [6.45, 7) is 6.16. The predicted octanol–water partition coefficient (Wildman–Crippen LogP) is 5.03. The van der Waals surface area contributed by atoms with E-state index in [0.29, 0.717) is 48.6 Å². The molecule has 1 aromatic carbocycles. The fraction of sp³-hybridized carbons (Fsp3) is 0.207. The van der Waals surface area contributed by atoms with Crippen LogP contribution in [-0.4, -0.2) is 71.0 Å². The highest BCUT2D eigenvalue weighted by atomic mass is 35.5. The van der Waals surface area contributed by atoms with E-state index in [-0.39, 0.29) is 27.5 Å². The maximum absolute atomic E-state index is 14.1. The quantitative estimate of drug-likeness (QED) is 0.244. The number of ether oxygens (including phenoxy) is 1. The molecule has 5 heterocycles. The molecule has 0 bridgehead atoms. The van der Waals surface area contributed by atoms with Crippen LogP contribution in [-0.2, 0) is 4.79 Å². The van der Waals surface area contributed by atoms with E-state index in [1.165, 1.54) is 37.6 Å². The molecule has 1 saturated heterocycles. The van der Waals surface area contributed by atoms with Crippen molar-refractivity contribution in [3.05, 3.63) is 77.2 Å². The van der Waals surface area contributed by atoms with E-state index in [0.717, 1.165) is 28.4 Å². The lowest BCUT2D eigenvalue weighted by Gasteiger charge is -2.45. The zero-order valence-electron chi connectivity index (χ0n) is 22.9. The number of thiazole rings is 1. The van der Waals surface area contributed by atoms with Crippen LogP contribution in [0.15, 0.2) is 61.4 Å². The molecular formula is C29H26ClFN8O3S. The third-order valence-corrected chi connectivity index (χ3v) is 8.39. The van der Waals surface area contributed by atoms with Gasteiger partial charge in [0, 0.05) is 37.9 Å². The summed E-state index contributed by atoms with van der Waals surface area (Å²) in [5.41, 5.74) is 2.22. The van der Waals surface area contributed by atoms with Crippen LogP contribution in [0.4, 0.5) is 32.5 Å². The van der Waals surface area contributed by atoms with Gasteiger partial charge in [-0.05, 0) is 36.4 Å². The molecule has 6 rings (SSSR count). The standard InChI is InChI=1S/C29H26ClFN8O3S/c1-3-24(40)38-9-10-39-17(15-38)13-32-21-11-16(12-33-27(21)39)20-7-8-22(42-2)26(35-20)37-29-34-14-23(43-29)28(41)36-25-18(30)5-4-6-19(25)31/h3-8,11-12,14,17,32H,1,9-10,13,15H2,2H3,(H,36,41)(H,34,35,37). The SMILES string of the molecule is C=CC(=O)N1CCN2c3ncc(-c4ccc(OC)c(Nc5ncc(C(=O)Nc6c(F)cccc6Cl)s5)n4)cc3NCC2C1. The van der Waals surface area contributed by atoms with Crippen molar-refractivity contribution in [2.45, 2.75) is 6.04 Å². The van der Waals surface area contributed by atoms with E-state index in [9.17, 15) is 14.0 Å². The first kappa shape index (κ1) is 28.4. The summed E-state index contributed by atoms with van der Waals surface area (Å²) in [6, 6.07) is 9.89. The van der Waals surface area contributed by atoms with Gasteiger partial charge < -0.3 is 30.5 Å². The molecule has 0 saturated carbocycles. The summed E-state index contributed by atoms with van der Waals surface area (Å²) in [4.78, 5) is 42.9. The highest BCUT2D eigenvalue weighted by molar-refractivity contribution is 7.17. The highest BCUT2D eigenvalue weighted by Gasteiger charge is 2.34. The average molecular weight is 621 g/mol. The molecule has 0 radical (unpaired) electrons. The Morgan fingerprint density at radius 3 is 2.88 bits per heavy atom. The molecule has 11 nitrogen and oxygen atoms in total. The van der Waals surface area contributed by atoms with E-state index in [1.807, 2.05) is 17.0 Å². The first-order valence-electron chi connectivity index (χ1n) is 13.3. The van der Waals surface area contributed by atoms with Crippen molar-refractivity contribution in [2.75, 3.05) is 54.1 Å². The molecule has 4 aromatic rings. The third kappa shape index (κ3) is 5.68. The maximum atomic E-state index is 14.1. The Balaban J connectivity index is 1.20. The van der Waals surface area contributed by atoms with Crippen molar-refractivity contribution in [2.24, 2.45) is 0 Å². The van der Waals surface area contributed by atoms with E-state index in [2.05, 4.69) is 32.4 Å². The van der Waals surface area contributed by atoms with E-state index in [4.69, 9.17) is 26.3 Å². The van der Waals surface area contributed by atoms with Gasteiger partial charge in [-0.25, -0.2) is 19.3 Å². The number of nitrogens with one attached hydrogen (secondary N) is 3. The normalized spacial score (nSPS) is 15.6. The number of piperazine rings is 1. The van der Waals surface area contributed by atoms with Crippen molar-refractivity contribution in [3.63, 3.8) is 0 Å². The largest absolute Gasteiger partial charge is 0.493 e. The average Bonchev–Trinajstić information content (AvgIpc) is 3.50. The zero-order valence-corrected chi connectivity index (χ0v) is 24.5. The minimum Gasteiger partial charge on any atom is -0.493 e. The van der Waals surface area contributed by atoms with Crippen LogP contribution in [0.3, 0.4) is 0 Å². The number of fused-ring (bicyclic) bond motifs is 3. The number of para-hydroxylation sites is 1. The van der Waals surface area contributed by atoms with Crippen molar-refractivity contribution in [3.8, 4) is 17.0 Å². The molecule has 0 aliphatic carbocycles. The van der Waals surface area contributed by atoms with Gasteiger partial charge in [0.1, 0.15) is 10.7 Å². The molecule has 2 aliphatic heterocycles. The van der Waals surface area contributed by atoms with Crippen LogP contribution in [0.5, 0.6) is 5.75 Å². The van der Waals surface area contributed by atoms with Gasteiger partial charge in [-0.3, -0.25) is 9.59 Å². The van der Waals surface area contributed by atoms with Crippen LogP contribution >= 0.6 is 22.9 Å². The van der Waals surface area contributed by atoms with E-state index < -0.39 is 11.7 Å². The maximum Gasteiger partial charge on any atom is 0.267 e. The van der Waals surface area contributed by atoms with Crippen LogP contribution < -0.4 is 25.6 Å². The lowest BCUT2D eigenvalue weighted by Crippen LogP contribution is -2.58. The number of aromatic nitrogens is 3. The number of benzene rings is 1. The molecule has 220 valence electrons. The minimum atomic E-state index is -0.635. The lowest BCUT2D eigenvalue weighted by molar-refractivity contribution is -0.126. The molecule has 2 aliphatic rings. The summed E-state index contributed by atoms with van der Waals surface area (Å²) in [6.07, 6.45) is 4.50. The number of hydrogen-bond donors (Lipinski definition) is 3. The van der Waals surface area contributed by atoms with Gasteiger partial charge in [0.25, 0.3) is 5.91 Å². The van der Waals surface area contributed by atoms with Gasteiger partial charge in [-0.15, -0.1) is 0 Å². The zero-order chi connectivity index (χ0) is 30.1. The summed E-state index contributed by atoms with van der Waals surface area (Å²) < 4.78 is 19.6. The molecule has 14 heteroatoms. The third-order valence-electron chi connectivity index (χ3n) is 7.17. The Morgan fingerprint density at radius 2 is 2.09 bits per heavy atom. The van der Waals surface area contributed by atoms with Gasteiger partial charge in [-0.1, -0.05) is 35.6 Å². The number of halogens is 2. The molecular weight excluding hydrogens is 595 g/mol. The number of pyridine rings is 2. The number of hydrogen-bond acceptors (Lipinski definition) is 10. The Hall–Kier alpha value is -4.75. The second-order valence-electron chi connectivity index (χ2n) is 9.76. The second-order valence-corrected chi connectivity index (χ2v) is 11.2. The molecule has 1 atom stereocenters. The highest BCUT2D eigenvalue weighted by Crippen LogP contribution is 2.36. The van der Waals surface area contributed by atoms with Crippen molar-refractivity contribution >= 4 is 62.9 Å². The Bertz CT molecular complexity index is 1710. The molecule has 3 aromatic heterocycles. The summed E-state index contributed by atoms with van der Waals surface area (Å²) in [5, 5.41) is 9.55. The van der Waals surface area contributed by atoms with Gasteiger partial charge >= 0.3 is 0 Å². The van der Waals surface area contributed by atoms with Crippen molar-refractivity contribution < 1.29 is 18.7 Å². The Kier molecular flexibility index (Phi) is 7.82. The molecule has 3 N–H and O–H groups in total. The molecule has 2 amide bonds. The van der Waals surface area contributed by atoms with Gasteiger partial charge in [0.2, 0.25) is 5.91 Å². The monoisotopic (exact) mass is 620 g/mol. The molecule has 1 fully saturated rings. The van der Waals surface area contributed by atoms with Crippen LogP contribution in [0.1, 0.15) is 9.67 Å². The van der Waals surface area contributed by atoms with Crippen LogP contribution in [0, 0.1) is 5.82 Å². The van der Waals surface area contributed by atoms with Gasteiger partial charge in [0.05, 0.1) is 41.4 Å². The van der Waals surface area contributed by atoms with Gasteiger partial charge in [-0.2, -0.15) is 0 Å². The number of carbonyl (C=O) groups excluding carboxylic acids is 2. The fourth-order valence-corrected chi connectivity index (χ4v) is 5.94. The van der Waals surface area contributed by atoms with Gasteiger partial charge in [0.15, 0.2) is 22.5 Å². The Labute approximate surface area is 255 Å². The topological polar surface area (TPSA) is 125 Å². The number of rotatable bonds is 7. The predicted molar refractivity (Wildman–Crippen MR) is 165 cm³/mol. The number of nitrogens with zero attached hydrogens (tertiary/aromatic N) is 5. The van der Waals surface area contributed by atoms with Crippen molar-refractivity contribution in [1.82, 2.24) is 19.9 Å². The minimum absolute atomic E-state index is 0.0616. The van der Waals surface area contributed by atoms with E-state index >= 15 is 0 Å². The van der Waals surface area contributed by atoms with Crippen LogP contribution in [0.2, 0.25) is 5.02 Å². The van der Waals surface area contributed by atoms with Crippen molar-refractivity contribution in [1.29, 1.82) is 0 Å². The number of carbonyl (C=O) groups is 2. The molecule has 1 unspecified atom stereocenters. The number of amides is 2. The van der Waals surface area contributed by atoms with E-state index in [1.54, 1.807) is 12.3 Å². The summed E-state index contributed by atoms with van der Waals surface area (Å²) in [7, 11) is 1.53. The first-order chi connectivity index (χ1) is 20.8. The first-order valence-corrected chi connectivity index (χ1v) is 14.5. The summed E-state index contributed by atoms with van der Waals surface area (Å²) in [5.74, 6) is 0.462. The van der Waals surface area contributed by atoms with Crippen LogP contribution in [0.25, 0.3) is 11.3 Å². The number of anilines is 5. The summed E-state index contributed by atoms with van der Waals surface area (Å²) >= 11 is 7.10. The molecule has 0 spiro atoms. The second kappa shape index (κ2) is 11.9. The number of methoxy groups -OCH3 is 1. The fourth-order valence-electron chi connectivity index (χ4n) is 5.01.